The van der Waals surface area contributed by atoms with E-state index in [1.807, 2.05) is 22.8 Å². The number of rotatable bonds is 12. The number of fused-ring (bicyclic) bond motifs is 1. The van der Waals surface area contributed by atoms with E-state index in [4.69, 9.17) is 26.4 Å². The number of nitrogens with one attached hydrogen (secondary N) is 1. The van der Waals surface area contributed by atoms with Crippen molar-refractivity contribution in [3.05, 3.63) is 36.4 Å². The molecular formula is C33H54N8O4. The van der Waals surface area contributed by atoms with E-state index in [-0.39, 0.29) is 17.4 Å². The quantitative estimate of drug-likeness (QED) is 0.144. The molecule has 2 heterocycles. The second kappa shape index (κ2) is 15.3. The fourth-order valence-corrected chi connectivity index (χ4v) is 5.54. The zero-order valence-electron chi connectivity index (χ0n) is 28.2. The molecule has 1 saturated carbocycles. The molecule has 0 bridgehead atoms. The molecule has 1 atom stereocenters. The van der Waals surface area contributed by atoms with E-state index in [1.54, 1.807) is 13.4 Å². The number of carbonyl (C=O) groups is 1. The number of nitrogens with zero attached hydrogens (tertiary/aromatic N) is 5. The second-order valence-corrected chi connectivity index (χ2v) is 13.9. The SMILES string of the molecule is CC(C)(O)O.COC(CCn1cnc2c(N)ncnc21)CN(C(C)C)C1CC(CCC(=O)Nc2ccc(C(C)(C)C)cc2N)C1. The summed E-state index contributed by atoms with van der Waals surface area (Å²) in [5.74, 6) is -0.520. The van der Waals surface area contributed by atoms with Gasteiger partial charge in [0.25, 0.3) is 0 Å². The van der Waals surface area contributed by atoms with Crippen LogP contribution in [0.3, 0.4) is 0 Å². The first-order valence-electron chi connectivity index (χ1n) is 15.8. The number of hydrogen-bond acceptors (Lipinski definition) is 10. The molecule has 7 N–H and O–H groups in total. The van der Waals surface area contributed by atoms with Crippen molar-refractivity contribution in [2.45, 2.75) is 117 Å². The normalized spacial score (nSPS) is 17.6. The number of carbonyl (C=O) groups excluding carboxylic acids is 1. The number of methoxy groups -OCH3 is 1. The Bertz CT molecular complexity index is 1380. The number of amides is 1. The standard InChI is InChI=1S/C30H46N8O2.C3H8O2/c1-19(2)38(16-23(40-6)11-12-37-18-35-27-28(32)33-17-34-29(27)37)22-13-20(14-22)7-10-26(39)36-25-9-8-21(15-24(25)31)30(3,4)5;1-3(2,4)5/h8-9,15,17-20,22-23H,7,10-14,16,31H2,1-6H3,(H,36,39)(H2,32,33,34);4-5H,1-2H3. The fourth-order valence-electron chi connectivity index (χ4n) is 5.54. The van der Waals surface area contributed by atoms with Crippen LogP contribution in [0.4, 0.5) is 17.2 Å². The van der Waals surface area contributed by atoms with Gasteiger partial charge in [-0.15, -0.1) is 0 Å². The van der Waals surface area contributed by atoms with Crippen LogP contribution in [0.5, 0.6) is 0 Å². The Morgan fingerprint density at radius 3 is 2.38 bits per heavy atom. The molecule has 0 saturated heterocycles. The van der Waals surface area contributed by atoms with E-state index in [9.17, 15) is 4.79 Å². The number of nitrogen functional groups attached to an aromatic ring is 2. The first-order valence-corrected chi connectivity index (χ1v) is 15.8. The molecule has 1 aliphatic rings. The topological polar surface area (TPSA) is 178 Å². The lowest BCUT2D eigenvalue weighted by atomic mass is 9.76. The number of aliphatic hydroxyl groups is 2. The van der Waals surface area contributed by atoms with Crippen LogP contribution in [0, 0.1) is 5.92 Å². The smallest absolute Gasteiger partial charge is 0.224 e. The molecule has 1 unspecified atom stereocenters. The Morgan fingerprint density at radius 2 is 1.80 bits per heavy atom. The number of aromatic nitrogens is 4. The molecule has 3 aromatic rings. The lowest BCUT2D eigenvalue weighted by Crippen LogP contribution is -2.51. The van der Waals surface area contributed by atoms with E-state index < -0.39 is 5.79 Å². The number of aryl methyl sites for hydroxylation is 1. The molecule has 0 radical (unpaired) electrons. The average Bonchev–Trinajstić information content (AvgIpc) is 3.32. The van der Waals surface area contributed by atoms with Gasteiger partial charge in [0.1, 0.15) is 11.8 Å². The molecule has 1 amide bonds. The highest BCUT2D eigenvalue weighted by Gasteiger charge is 2.35. The minimum absolute atomic E-state index is 0.0178. The van der Waals surface area contributed by atoms with Crippen LogP contribution >= 0.6 is 0 Å². The van der Waals surface area contributed by atoms with Gasteiger partial charge in [0.15, 0.2) is 17.3 Å². The van der Waals surface area contributed by atoms with Crippen molar-refractivity contribution in [2.75, 3.05) is 30.4 Å². The summed E-state index contributed by atoms with van der Waals surface area (Å²) in [6.45, 7) is 15.1. The van der Waals surface area contributed by atoms with Crippen LogP contribution in [0.2, 0.25) is 0 Å². The third-order valence-electron chi connectivity index (χ3n) is 8.18. The lowest BCUT2D eigenvalue weighted by molar-refractivity contribution is -0.127. The zero-order chi connectivity index (χ0) is 33.5. The average molecular weight is 627 g/mol. The summed E-state index contributed by atoms with van der Waals surface area (Å²) >= 11 is 0. The van der Waals surface area contributed by atoms with E-state index in [1.165, 1.54) is 20.2 Å². The number of ether oxygens (including phenoxy) is 1. The van der Waals surface area contributed by atoms with Gasteiger partial charge in [-0.1, -0.05) is 26.8 Å². The molecular weight excluding hydrogens is 572 g/mol. The fraction of sp³-hybridized carbons (Fsp3) is 0.636. The molecule has 4 rings (SSSR count). The van der Waals surface area contributed by atoms with Crippen molar-refractivity contribution in [1.82, 2.24) is 24.4 Å². The van der Waals surface area contributed by atoms with Gasteiger partial charge in [0, 0.05) is 38.7 Å². The summed E-state index contributed by atoms with van der Waals surface area (Å²) in [6.07, 6.45) is 7.77. The zero-order valence-corrected chi connectivity index (χ0v) is 28.2. The van der Waals surface area contributed by atoms with E-state index in [2.05, 4.69) is 59.8 Å². The first-order chi connectivity index (χ1) is 21.0. The number of benzene rings is 1. The molecule has 0 spiro atoms. The van der Waals surface area contributed by atoms with Crippen molar-refractivity contribution in [3.8, 4) is 0 Å². The van der Waals surface area contributed by atoms with Crippen LogP contribution in [-0.2, 0) is 21.5 Å². The number of nitrogens with two attached hydrogens (primary N) is 2. The molecule has 12 nitrogen and oxygen atoms in total. The number of anilines is 3. The molecule has 12 heteroatoms. The van der Waals surface area contributed by atoms with Gasteiger partial charge in [0.2, 0.25) is 5.91 Å². The molecule has 1 fully saturated rings. The molecule has 1 aromatic carbocycles. The van der Waals surface area contributed by atoms with Crippen molar-refractivity contribution >= 4 is 34.3 Å². The van der Waals surface area contributed by atoms with Crippen LogP contribution in [-0.4, -0.2) is 78.2 Å². The van der Waals surface area contributed by atoms with Crippen molar-refractivity contribution < 1.29 is 19.7 Å². The van der Waals surface area contributed by atoms with Gasteiger partial charge in [-0.25, -0.2) is 15.0 Å². The summed E-state index contributed by atoms with van der Waals surface area (Å²) in [5.41, 5.74) is 16.0. The summed E-state index contributed by atoms with van der Waals surface area (Å²) < 4.78 is 7.90. The molecule has 1 aliphatic carbocycles. The summed E-state index contributed by atoms with van der Waals surface area (Å²) in [5, 5.41) is 19.2. The Hall–Kier alpha value is -3.32. The third-order valence-corrected chi connectivity index (χ3v) is 8.18. The molecule has 0 aliphatic heterocycles. The predicted octanol–water partition coefficient (Wildman–Crippen LogP) is 4.31. The van der Waals surface area contributed by atoms with Crippen LogP contribution < -0.4 is 16.8 Å². The van der Waals surface area contributed by atoms with Gasteiger partial charge in [0.05, 0.1) is 23.8 Å². The van der Waals surface area contributed by atoms with Crippen molar-refractivity contribution in [1.29, 1.82) is 0 Å². The maximum absolute atomic E-state index is 12.7. The second-order valence-electron chi connectivity index (χ2n) is 13.9. The minimum atomic E-state index is -1.50. The van der Waals surface area contributed by atoms with Crippen LogP contribution in [0.25, 0.3) is 11.2 Å². The van der Waals surface area contributed by atoms with Crippen molar-refractivity contribution in [3.63, 3.8) is 0 Å². The minimum Gasteiger partial charge on any atom is -0.397 e. The number of imidazole rings is 1. The highest BCUT2D eigenvalue weighted by Crippen LogP contribution is 2.36. The Kier molecular flexibility index (Phi) is 12.3. The van der Waals surface area contributed by atoms with Crippen molar-refractivity contribution in [2.24, 2.45) is 5.92 Å². The Balaban J connectivity index is 0.00000102. The third kappa shape index (κ3) is 10.9. The molecule has 2 aromatic heterocycles. The first kappa shape index (κ1) is 36.2. The van der Waals surface area contributed by atoms with Gasteiger partial charge < -0.3 is 36.3 Å². The van der Waals surface area contributed by atoms with Gasteiger partial charge in [-0.3, -0.25) is 9.69 Å². The van der Waals surface area contributed by atoms with Crippen LogP contribution in [0.15, 0.2) is 30.9 Å². The van der Waals surface area contributed by atoms with E-state index in [0.29, 0.717) is 47.1 Å². The van der Waals surface area contributed by atoms with Gasteiger partial charge in [-0.05, 0) is 82.4 Å². The molecule has 45 heavy (non-hydrogen) atoms. The summed E-state index contributed by atoms with van der Waals surface area (Å²) in [4.78, 5) is 27.9. The number of hydrogen-bond donors (Lipinski definition) is 5. The molecule has 250 valence electrons. The Labute approximate surface area is 267 Å². The summed E-state index contributed by atoms with van der Waals surface area (Å²) in [6, 6.07) is 6.83. The maximum Gasteiger partial charge on any atom is 0.224 e. The lowest BCUT2D eigenvalue weighted by Gasteiger charge is -2.46. The van der Waals surface area contributed by atoms with E-state index >= 15 is 0 Å². The summed E-state index contributed by atoms with van der Waals surface area (Å²) in [7, 11) is 1.78. The van der Waals surface area contributed by atoms with Gasteiger partial charge in [-0.2, -0.15) is 0 Å². The highest BCUT2D eigenvalue weighted by atomic mass is 16.5. The Morgan fingerprint density at radius 1 is 1.13 bits per heavy atom. The van der Waals surface area contributed by atoms with Crippen LogP contribution in [0.1, 0.15) is 86.1 Å². The monoisotopic (exact) mass is 626 g/mol. The van der Waals surface area contributed by atoms with E-state index in [0.717, 1.165) is 50.0 Å². The van der Waals surface area contributed by atoms with Gasteiger partial charge >= 0.3 is 0 Å². The maximum atomic E-state index is 12.7. The largest absolute Gasteiger partial charge is 0.397 e. The predicted molar refractivity (Wildman–Crippen MR) is 179 cm³/mol. The highest BCUT2D eigenvalue weighted by molar-refractivity contribution is 5.93.